The standard InChI is InChI=1S/C19H12F5NO5/c1-8-11(6-14(26)27)15-13(7-12(20)17(28)16(15)21)25(8)18(29)9-2-4-10(5-3-9)30-19(22,23)24/h2-5,7,28H,6H2,1H3,(H,26,27). The molecule has 0 saturated carbocycles. The molecule has 0 unspecified atom stereocenters. The second-order valence-electron chi connectivity index (χ2n) is 6.26. The summed E-state index contributed by atoms with van der Waals surface area (Å²) in [5.41, 5.74) is -0.676. The van der Waals surface area contributed by atoms with Crippen LogP contribution in [-0.2, 0) is 11.2 Å². The first-order valence-electron chi connectivity index (χ1n) is 8.24. The normalized spacial score (nSPS) is 11.7. The number of aromatic hydroxyl groups is 1. The zero-order chi connectivity index (χ0) is 22.4. The van der Waals surface area contributed by atoms with E-state index in [0.717, 1.165) is 28.8 Å². The summed E-state index contributed by atoms with van der Waals surface area (Å²) >= 11 is 0. The molecule has 1 heterocycles. The number of phenolic OH excluding ortho intramolecular Hbond substituents is 1. The maximum absolute atomic E-state index is 14.5. The van der Waals surface area contributed by atoms with Crippen molar-refractivity contribution in [2.45, 2.75) is 19.7 Å². The molecular weight excluding hydrogens is 417 g/mol. The van der Waals surface area contributed by atoms with Crippen LogP contribution in [0.5, 0.6) is 11.5 Å². The van der Waals surface area contributed by atoms with Crippen LogP contribution < -0.4 is 4.74 Å². The van der Waals surface area contributed by atoms with E-state index in [1.807, 2.05) is 0 Å². The van der Waals surface area contributed by atoms with Gasteiger partial charge in [0.05, 0.1) is 11.9 Å². The fourth-order valence-corrected chi connectivity index (χ4v) is 3.11. The van der Waals surface area contributed by atoms with Crippen molar-refractivity contribution in [3.8, 4) is 11.5 Å². The first-order chi connectivity index (χ1) is 13.9. The van der Waals surface area contributed by atoms with E-state index in [-0.39, 0.29) is 22.3 Å². The molecule has 0 spiro atoms. The SMILES string of the molecule is Cc1c(CC(=O)O)c2c(F)c(O)c(F)cc2n1C(=O)c1ccc(OC(F)(F)F)cc1. The number of hydrogen-bond donors (Lipinski definition) is 2. The Balaban J connectivity index is 2.17. The average Bonchev–Trinajstić information content (AvgIpc) is 2.89. The van der Waals surface area contributed by atoms with Gasteiger partial charge in [-0.05, 0) is 36.8 Å². The summed E-state index contributed by atoms with van der Waals surface area (Å²) in [6.07, 6.45) is -5.65. The van der Waals surface area contributed by atoms with Crippen LogP contribution in [0.25, 0.3) is 10.9 Å². The van der Waals surface area contributed by atoms with Crippen molar-refractivity contribution >= 4 is 22.8 Å². The predicted molar refractivity (Wildman–Crippen MR) is 92.4 cm³/mol. The van der Waals surface area contributed by atoms with Crippen LogP contribution in [0.4, 0.5) is 22.0 Å². The van der Waals surface area contributed by atoms with Gasteiger partial charge in [0.25, 0.3) is 5.91 Å². The van der Waals surface area contributed by atoms with E-state index < -0.39 is 53.2 Å². The van der Waals surface area contributed by atoms with E-state index in [1.54, 1.807) is 0 Å². The highest BCUT2D eigenvalue weighted by molar-refractivity contribution is 6.05. The van der Waals surface area contributed by atoms with Crippen molar-refractivity contribution in [3.05, 3.63) is 58.8 Å². The highest BCUT2D eigenvalue weighted by atomic mass is 19.4. The highest BCUT2D eigenvalue weighted by Gasteiger charge is 2.31. The minimum atomic E-state index is -4.93. The Bertz CT molecular complexity index is 1170. The third-order valence-corrected chi connectivity index (χ3v) is 4.35. The molecule has 0 radical (unpaired) electrons. The third-order valence-electron chi connectivity index (χ3n) is 4.35. The van der Waals surface area contributed by atoms with E-state index in [2.05, 4.69) is 4.74 Å². The van der Waals surface area contributed by atoms with E-state index >= 15 is 0 Å². The lowest BCUT2D eigenvalue weighted by Crippen LogP contribution is -2.17. The second kappa shape index (κ2) is 7.32. The van der Waals surface area contributed by atoms with Gasteiger partial charge in [0.1, 0.15) is 5.75 Å². The molecule has 30 heavy (non-hydrogen) atoms. The topological polar surface area (TPSA) is 88.8 Å². The van der Waals surface area contributed by atoms with Crippen molar-refractivity contribution in [3.63, 3.8) is 0 Å². The summed E-state index contributed by atoms with van der Waals surface area (Å²) in [5.74, 6) is -6.94. The Morgan fingerprint density at radius 2 is 1.73 bits per heavy atom. The van der Waals surface area contributed by atoms with Gasteiger partial charge in [-0.1, -0.05) is 0 Å². The Morgan fingerprint density at radius 1 is 1.13 bits per heavy atom. The molecule has 0 saturated heterocycles. The number of benzene rings is 2. The number of halogens is 5. The van der Waals surface area contributed by atoms with Gasteiger partial charge in [0, 0.05) is 22.7 Å². The summed E-state index contributed by atoms with van der Waals surface area (Å²) in [7, 11) is 0. The molecule has 2 aromatic carbocycles. The van der Waals surface area contributed by atoms with Crippen molar-refractivity contribution < 1.29 is 46.5 Å². The Morgan fingerprint density at radius 3 is 2.27 bits per heavy atom. The number of nitrogens with zero attached hydrogens (tertiary/aromatic N) is 1. The zero-order valence-corrected chi connectivity index (χ0v) is 15.1. The number of hydrogen-bond acceptors (Lipinski definition) is 4. The lowest BCUT2D eigenvalue weighted by atomic mass is 10.1. The van der Waals surface area contributed by atoms with Crippen molar-refractivity contribution in [2.75, 3.05) is 0 Å². The number of fused-ring (bicyclic) bond motifs is 1. The van der Waals surface area contributed by atoms with Crippen LogP contribution >= 0.6 is 0 Å². The summed E-state index contributed by atoms with van der Waals surface area (Å²) in [6, 6.07) is 4.46. The molecule has 1 aromatic heterocycles. The predicted octanol–water partition coefficient (Wildman–Crippen LogP) is 4.15. The summed E-state index contributed by atoms with van der Waals surface area (Å²) in [6.45, 7) is 1.30. The fourth-order valence-electron chi connectivity index (χ4n) is 3.11. The maximum atomic E-state index is 14.5. The number of ether oxygens (including phenoxy) is 1. The molecule has 11 heteroatoms. The number of phenols is 1. The first-order valence-corrected chi connectivity index (χ1v) is 8.24. The third kappa shape index (κ3) is 3.78. The number of aliphatic carboxylic acids is 1. The minimum absolute atomic E-state index is 0.0306. The molecular formula is C19H12F5NO5. The molecule has 0 aliphatic rings. The minimum Gasteiger partial charge on any atom is -0.503 e. The molecule has 0 aliphatic heterocycles. The smallest absolute Gasteiger partial charge is 0.503 e. The van der Waals surface area contributed by atoms with Gasteiger partial charge in [0.15, 0.2) is 17.4 Å². The lowest BCUT2D eigenvalue weighted by Gasteiger charge is -2.10. The van der Waals surface area contributed by atoms with E-state index in [4.69, 9.17) is 5.11 Å². The van der Waals surface area contributed by atoms with Crippen molar-refractivity contribution in [1.82, 2.24) is 4.57 Å². The van der Waals surface area contributed by atoms with E-state index in [9.17, 15) is 36.6 Å². The highest BCUT2D eigenvalue weighted by Crippen LogP contribution is 2.35. The molecule has 0 amide bonds. The second-order valence-corrected chi connectivity index (χ2v) is 6.26. The van der Waals surface area contributed by atoms with Gasteiger partial charge < -0.3 is 14.9 Å². The molecule has 0 bridgehead atoms. The number of carbonyl (C=O) groups is 2. The molecule has 0 aliphatic carbocycles. The number of alkyl halides is 3. The molecule has 6 nitrogen and oxygen atoms in total. The van der Waals surface area contributed by atoms with Crippen LogP contribution in [0.15, 0.2) is 30.3 Å². The largest absolute Gasteiger partial charge is 0.573 e. The van der Waals surface area contributed by atoms with Gasteiger partial charge in [-0.3, -0.25) is 14.2 Å². The van der Waals surface area contributed by atoms with Crippen LogP contribution in [-0.4, -0.2) is 33.0 Å². The quantitative estimate of drug-likeness (QED) is 0.609. The lowest BCUT2D eigenvalue weighted by molar-refractivity contribution is -0.274. The van der Waals surface area contributed by atoms with Crippen molar-refractivity contribution in [2.24, 2.45) is 0 Å². The maximum Gasteiger partial charge on any atom is 0.573 e. The number of carboxylic acid groups (broad SMARTS) is 1. The Kier molecular flexibility index (Phi) is 5.15. The van der Waals surface area contributed by atoms with Crippen LogP contribution in [0.2, 0.25) is 0 Å². The van der Waals surface area contributed by atoms with Crippen molar-refractivity contribution in [1.29, 1.82) is 0 Å². The monoisotopic (exact) mass is 429 g/mol. The van der Waals surface area contributed by atoms with Gasteiger partial charge in [-0.25, -0.2) is 8.78 Å². The molecule has 0 atom stereocenters. The Hall–Kier alpha value is -3.63. The summed E-state index contributed by atoms with van der Waals surface area (Å²) < 4.78 is 69.8. The van der Waals surface area contributed by atoms with E-state index in [1.165, 1.54) is 6.92 Å². The van der Waals surface area contributed by atoms with E-state index in [0.29, 0.717) is 6.07 Å². The van der Waals surface area contributed by atoms with Gasteiger partial charge in [0.2, 0.25) is 0 Å². The number of aromatic nitrogens is 1. The molecule has 3 rings (SSSR count). The molecule has 0 fully saturated rings. The molecule has 2 N–H and O–H groups in total. The summed E-state index contributed by atoms with van der Waals surface area (Å²) in [4.78, 5) is 24.1. The first kappa shape index (κ1) is 21.1. The number of carboxylic acids is 1. The zero-order valence-electron chi connectivity index (χ0n) is 15.1. The fraction of sp³-hybridized carbons (Fsp3) is 0.158. The van der Waals surface area contributed by atoms with Crippen LogP contribution in [0.1, 0.15) is 21.6 Å². The van der Waals surface area contributed by atoms with Crippen LogP contribution in [0.3, 0.4) is 0 Å². The van der Waals surface area contributed by atoms with Gasteiger partial charge in [-0.15, -0.1) is 13.2 Å². The van der Waals surface area contributed by atoms with Crippen LogP contribution in [0, 0.1) is 18.6 Å². The van der Waals surface area contributed by atoms with Gasteiger partial charge in [-0.2, -0.15) is 0 Å². The number of carbonyl (C=O) groups excluding carboxylic acids is 1. The molecule has 158 valence electrons. The Labute approximate surface area is 164 Å². The molecule has 3 aromatic rings. The average molecular weight is 429 g/mol. The van der Waals surface area contributed by atoms with Gasteiger partial charge >= 0.3 is 12.3 Å². The summed E-state index contributed by atoms with van der Waals surface area (Å²) in [5, 5.41) is 18.2. The number of rotatable bonds is 4.